The Kier molecular flexibility index (Phi) is 6.13. The second kappa shape index (κ2) is 9.37. The van der Waals surface area contributed by atoms with Crippen molar-refractivity contribution in [1.29, 1.82) is 0 Å². The van der Waals surface area contributed by atoms with Gasteiger partial charge in [-0.15, -0.1) is 0 Å². The maximum atomic E-state index is 13.4. The Morgan fingerprint density at radius 1 is 0.971 bits per heavy atom. The van der Waals surface area contributed by atoms with E-state index in [-0.39, 0.29) is 36.7 Å². The summed E-state index contributed by atoms with van der Waals surface area (Å²) in [7, 11) is 0. The molecule has 1 saturated heterocycles. The van der Waals surface area contributed by atoms with Crippen LogP contribution in [0, 0.1) is 5.82 Å². The highest BCUT2D eigenvalue weighted by atomic mass is 19.1. The molecule has 0 bridgehead atoms. The normalized spacial score (nSPS) is 15.6. The monoisotopic (exact) mass is 459 g/mol. The Hall–Kier alpha value is -3.55. The molecule has 7 heteroatoms. The molecule has 3 aromatic rings. The molecule has 0 spiro atoms. The molecule has 3 N–H and O–H groups in total. The van der Waals surface area contributed by atoms with Crippen molar-refractivity contribution in [3.63, 3.8) is 0 Å². The quantitative estimate of drug-likeness (QED) is 0.405. The Bertz CT molecular complexity index is 1250. The molecule has 1 amide bonds. The molecular formula is C27H26FN3O3. The molecule has 1 aliphatic carbocycles. The van der Waals surface area contributed by atoms with Gasteiger partial charge in [-0.25, -0.2) is 4.39 Å². The van der Waals surface area contributed by atoms with Crippen LogP contribution in [0.15, 0.2) is 60.7 Å². The number of likely N-dealkylation sites (tertiary alicyclic amines) is 1. The molecule has 6 nitrogen and oxygen atoms in total. The first-order chi connectivity index (χ1) is 16.5. The maximum absolute atomic E-state index is 13.4. The highest BCUT2D eigenvalue weighted by molar-refractivity contribution is 6.22. The fourth-order valence-corrected chi connectivity index (χ4v) is 4.80. The Labute approximate surface area is 197 Å². The summed E-state index contributed by atoms with van der Waals surface area (Å²) in [5, 5.41) is 15.8. The van der Waals surface area contributed by atoms with Gasteiger partial charge in [0, 0.05) is 47.2 Å². The number of carbonyl (C=O) groups is 2. The number of hydrogen-bond acceptors (Lipinski definition) is 5. The molecule has 0 radical (unpaired) electrons. The molecule has 1 heterocycles. The predicted octanol–water partition coefficient (Wildman–Crippen LogP) is 4.04. The lowest BCUT2D eigenvalue weighted by atomic mass is 10.0. The van der Waals surface area contributed by atoms with Gasteiger partial charge in [0.05, 0.1) is 13.2 Å². The number of anilines is 2. The predicted molar refractivity (Wildman–Crippen MR) is 129 cm³/mol. The van der Waals surface area contributed by atoms with Gasteiger partial charge in [0.25, 0.3) is 0 Å². The summed E-state index contributed by atoms with van der Waals surface area (Å²) in [6.45, 7) is 1.58. The minimum Gasteiger partial charge on any atom is -0.392 e. The van der Waals surface area contributed by atoms with Gasteiger partial charge in [0.1, 0.15) is 5.82 Å². The maximum Gasteiger partial charge on any atom is 0.238 e. The van der Waals surface area contributed by atoms with Crippen molar-refractivity contribution in [1.82, 2.24) is 4.90 Å². The van der Waals surface area contributed by atoms with Gasteiger partial charge >= 0.3 is 0 Å². The Balaban J connectivity index is 1.16. The van der Waals surface area contributed by atoms with E-state index in [0.717, 1.165) is 42.7 Å². The summed E-state index contributed by atoms with van der Waals surface area (Å²) in [6, 6.07) is 17.5. The second-order valence-electron chi connectivity index (χ2n) is 8.84. The summed E-state index contributed by atoms with van der Waals surface area (Å²) < 4.78 is 13.4. The number of amides is 1. The Morgan fingerprint density at radius 3 is 2.47 bits per heavy atom. The van der Waals surface area contributed by atoms with Crippen LogP contribution in [-0.2, 0) is 11.4 Å². The van der Waals surface area contributed by atoms with Gasteiger partial charge in [0.15, 0.2) is 5.78 Å². The van der Waals surface area contributed by atoms with E-state index in [4.69, 9.17) is 0 Å². The number of carbonyl (C=O) groups excluding carboxylic acids is 2. The van der Waals surface area contributed by atoms with E-state index in [9.17, 15) is 19.1 Å². The second-order valence-corrected chi connectivity index (χ2v) is 8.84. The summed E-state index contributed by atoms with van der Waals surface area (Å²) in [5.41, 5.74) is 5.09. The fraction of sp³-hybridized carbons (Fsp3) is 0.259. The van der Waals surface area contributed by atoms with Crippen molar-refractivity contribution in [2.24, 2.45) is 0 Å². The van der Waals surface area contributed by atoms with Gasteiger partial charge in [-0.1, -0.05) is 24.3 Å². The van der Waals surface area contributed by atoms with Crippen molar-refractivity contribution in [3.8, 4) is 11.1 Å². The number of ketones is 1. The van der Waals surface area contributed by atoms with E-state index in [1.54, 1.807) is 18.2 Å². The molecule has 5 rings (SSSR count). The minimum absolute atomic E-state index is 0.0201. The van der Waals surface area contributed by atoms with Crippen LogP contribution in [0.25, 0.3) is 11.1 Å². The number of aliphatic hydroxyl groups excluding tert-OH is 1. The zero-order chi connectivity index (χ0) is 23.7. The molecular weight excluding hydrogens is 433 g/mol. The molecule has 174 valence electrons. The molecule has 0 saturated carbocycles. The average Bonchev–Trinajstić information content (AvgIpc) is 3.13. The van der Waals surface area contributed by atoms with Gasteiger partial charge < -0.3 is 15.7 Å². The number of nitrogens with zero attached hydrogens (tertiary/aromatic N) is 1. The lowest BCUT2D eigenvalue weighted by molar-refractivity contribution is -0.117. The number of hydrogen-bond donors (Lipinski definition) is 3. The first-order valence-corrected chi connectivity index (χ1v) is 11.5. The highest BCUT2D eigenvalue weighted by Gasteiger charge is 2.27. The summed E-state index contributed by atoms with van der Waals surface area (Å²) >= 11 is 0. The summed E-state index contributed by atoms with van der Waals surface area (Å²) in [5.74, 6) is -0.439. The van der Waals surface area contributed by atoms with Gasteiger partial charge in [-0.05, 0) is 60.4 Å². The van der Waals surface area contributed by atoms with Crippen LogP contribution in [0.4, 0.5) is 15.8 Å². The topological polar surface area (TPSA) is 81.7 Å². The van der Waals surface area contributed by atoms with Crippen LogP contribution in [0.2, 0.25) is 0 Å². The molecule has 34 heavy (non-hydrogen) atoms. The van der Waals surface area contributed by atoms with Crippen LogP contribution in [0.1, 0.15) is 34.3 Å². The number of fused-ring (bicyclic) bond motifs is 3. The first-order valence-electron chi connectivity index (χ1n) is 11.5. The van der Waals surface area contributed by atoms with Crippen molar-refractivity contribution in [2.45, 2.75) is 25.5 Å². The van der Waals surface area contributed by atoms with E-state index in [2.05, 4.69) is 15.5 Å². The van der Waals surface area contributed by atoms with Crippen LogP contribution in [0.5, 0.6) is 0 Å². The van der Waals surface area contributed by atoms with Crippen molar-refractivity contribution in [2.75, 3.05) is 30.3 Å². The third-order valence-electron chi connectivity index (χ3n) is 6.56. The zero-order valence-electron chi connectivity index (χ0n) is 18.7. The number of nitrogens with one attached hydrogen (secondary N) is 2. The molecule has 1 aliphatic heterocycles. The Morgan fingerprint density at radius 2 is 1.71 bits per heavy atom. The van der Waals surface area contributed by atoms with E-state index in [0.29, 0.717) is 22.4 Å². The summed E-state index contributed by atoms with van der Waals surface area (Å²) in [6.07, 6.45) is 1.68. The standard InChI is InChI=1S/C27H26FN3O3/c28-18-5-8-25(17(13-18)16-32)29-19-9-11-31(12-10-19)15-26(33)30-20-6-7-23-24(14-20)21-3-1-2-4-22(21)27(23)34/h1-8,13-14,19,29,32H,9-12,15-16H2,(H,30,33). The molecule has 2 aliphatic rings. The van der Waals surface area contributed by atoms with Crippen LogP contribution < -0.4 is 10.6 Å². The van der Waals surface area contributed by atoms with Crippen molar-refractivity contribution < 1.29 is 19.1 Å². The van der Waals surface area contributed by atoms with E-state index in [1.165, 1.54) is 12.1 Å². The van der Waals surface area contributed by atoms with E-state index >= 15 is 0 Å². The molecule has 0 atom stereocenters. The fourth-order valence-electron chi connectivity index (χ4n) is 4.80. The number of benzene rings is 3. The minimum atomic E-state index is -0.366. The van der Waals surface area contributed by atoms with Gasteiger partial charge in [-0.2, -0.15) is 0 Å². The van der Waals surface area contributed by atoms with Crippen LogP contribution in [-0.4, -0.2) is 47.4 Å². The summed E-state index contributed by atoms with van der Waals surface area (Å²) in [4.78, 5) is 27.3. The van der Waals surface area contributed by atoms with Crippen LogP contribution >= 0.6 is 0 Å². The van der Waals surface area contributed by atoms with Crippen LogP contribution in [0.3, 0.4) is 0 Å². The van der Waals surface area contributed by atoms with Gasteiger partial charge in [0.2, 0.25) is 5.91 Å². The van der Waals surface area contributed by atoms with Crippen molar-refractivity contribution >= 4 is 23.1 Å². The largest absolute Gasteiger partial charge is 0.392 e. The van der Waals surface area contributed by atoms with Crippen molar-refractivity contribution in [3.05, 3.63) is 83.2 Å². The lowest BCUT2D eigenvalue weighted by Gasteiger charge is -2.32. The number of rotatable bonds is 6. The van der Waals surface area contributed by atoms with E-state index < -0.39 is 0 Å². The molecule has 3 aromatic carbocycles. The number of piperidine rings is 1. The number of halogens is 1. The highest BCUT2D eigenvalue weighted by Crippen LogP contribution is 2.37. The number of aliphatic hydroxyl groups is 1. The lowest BCUT2D eigenvalue weighted by Crippen LogP contribution is -2.42. The SMILES string of the molecule is O=C(CN1CCC(Nc2ccc(F)cc2CO)CC1)Nc1ccc2c(c1)-c1ccccc1C2=O. The third kappa shape index (κ3) is 4.44. The molecule has 0 aromatic heterocycles. The average molecular weight is 460 g/mol. The smallest absolute Gasteiger partial charge is 0.238 e. The zero-order valence-corrected chi connectivity index (χ0v) is 18.7. The van der Waals surface area contributed by atoms with E-state index in [1.807, 2.05) is 30.3 Å². The van der Waals surface area contributed by atoms with Gasteiger partial charge in [-0.3, -0.25) is 14.5 Å². The molecule has 1 fully saturated rings. The molecule has 0 unspecified atom stereocenters. The first kappa shape index (κ1) is 22.3. The third-order valence-corrected chi connectivity index (χ3v) is 6.56.